The van der Waals surface area contributed by atoms with E-state index in [1.165, 1.54) is 0 Å². The second-order valence-corrected chi connectivity index (χ2v) is 3.83. The summed E-state index contributed by atoms with van der Waals surface area (Å²) in [4.78, 5) is 4.70. The molecule has 0 spiro atoms. The van der Waals surface area contributed by atoms with Crippen molar-refractivity contribution in [3.05, 3.63) is 0 Å². The Morgan fingerprint density at radius 3 is 2.64 bits per heavy atom. The van der Waals surface area contributed by atoms with E-state index < -0.39 is 0 Å². The van der Waals surface area contributed by atoms with Gasteiger partial charge in [0, 0.05) is 39.3 Å². The quantitative estimate of drug-likeness (QED) is 0.638. The first-order valence-electron chi connectivity index (χ1n) is 5.42. The summed E-state index contributed by atoms with van der Waals surface area (Å²) in [6.45, 7) is 7.36. The molecule has 1 aliphatic rings. The van der Waals surface area contributed by atoms with Gasteiger partial charge in [-0.2, -0.15) is 0 Å². The van der Waals surface area contributed by atoms with Crippen molar-refractivity contribution in [2.24, 2.45) is 0 Å². The molecule has 1 saturated heterocycles. The van der Waals surface area contributed by atoms with Crippen molar-refractivity contribution < 1.29 is 9.84 Å². The second kappa shape index (κ2) is 7.17. The van der Waals surface area contributed by atoms with E-state index in [4.69, 9.17) is 9.84 Å². The van der Waals surface area contributed by atoms with E-state index in [1.807, 2.05) is 0 Å². The highest BCUT2D eigenvalue weighted by Gasteiger charge is 2.10. The van der Waals surface area contributed by atoms with Gasteiger partial charge in [0.1, 0.15) is 0 Å². The van der Waals surface area contributed by atoms with Crippen molar-refractivity contribution in [3.8, 4) is 0 Å². The van der Waals surface area contributed by atoms with E-state index in [9.17, 15) is 0 Å². The number of rotatable bonds is 6. The zero-order chi connectivity index (χ0) is 10.2. The van der Waals surface area contributed by atoms with E-state index in [-0.39, 0.29) is 0 Å². The first-order chi connectivity index (χ1) is 6.83. The molecule has 0 aromatic rings. The minimum atomic E-state index is 0.294. The number of likely N-dealkylation sites (N-methyl/N-ethyl adjacent to an activating group) is 1. The van der Waals surface area contributed by atoms with Gasteiger partial charge in [-0.25, -0.2) is 0 Å². The van der Waals surface area contributed by atoms with Crippen LogP contribution >= 0.6 is 0 Å². The van der Waals surface area contributed by atoms with Crippen LogP contribution in [-0.2, 0) is 4.74 Å². The third-order valence-corrected chi connectivity index (χ3v) is 2.60. The van der Waals surface area contributed by atoms with Crippen LogP contribution in [0.3, 0.4) is 0 Å². The lowest BCUT2D eigenvalue weighted by molar-refractivity contribution is 0.0343. The van der Waals surface area contributed by atoms with Crippen molar-refractivity contribution in [1.29, 1.82) is 0 Å². The van der Waals surface area contributed by atoms with Crippen LogP contribution in [0.2, 0.25) is 0 Å². The predicted octanol–water partition coefficient (Wildman–Crippen LogP) is -0.367. The molecule has 1 rings (SSSR count). The van der Waals surface area contributed by atoms with Crippen LogP contribution in [0.5, 0.6) is 0 Å². The van der Waals surface area contributed by atoms with Crippen LogP contribution in [0.25, 0.3) is 0 Å². The predicted molar refractivity (Wildman–Crippen MR) is 56.5 cm³/mol. The monoisotopic (exact) mass is 202 g/mol. The van der Waals surface area contributed by atoms with Crippen LogP contribution in [-0.4, -0.2) is 74.5 Å². The fraction of sp³-hybridized carbons (Fsp3) is 1.00. The van der Waals surface area contributed by atoms with E-state index in [1.54, 1.807) is 0 Å². The third-order valence-electron chi connectivity index (χ3n) is 2.60. The van der Waals surface area contributed by atoms with E-state index in [2.05, 4.69) is 16.8 Å². The molecule has 0 amide bonds. The number of hydrogen-bond acceptors (Lipinski definition) is 4. The molecular formula is C10H22N2O2. The number of aliphatic hydroxyl groups is 1. The smallest absolute Gasteiger partial charge is 0.0594 e. The summed E-state index contributed by atoms with van der Waals surface area (Å²) in [6.07, 6.45) is 0.875. The Kier molecular flexibility index (Phi) is 6.10. The minimum Gasteiger partial charge on any atom is -0.396 e. The molecule has 0 saturated carbocycles. The summed E-state index contributed by atoms with van der Waals surface area (Å²) < 4.78 is 5.28. The SMILES string of the molecule is CN(CCCO)CCN1CCOCC1. The van der Waals surface area contributed by atoms with Gasteiger partial charge >= 0.3 is 0 Å². The van der Waals surface area contributed by atoms with Gasteiger partial charge in [-0.05, 0) is 13.5 Å². The first kappa shape index (κ1) is 11.9. The third kappa shape index (κ3) is 4.91. The highest BCUT2D eigenvalue weighted by molar-refractivity contribution is 4.63. The second-order valence-electron chi connectivity index (χ2n) is 3.83. The number of ether oxygens (including phenoxy) is 1. The molecule has 0 bridgehead atoms. The Morgan fingerprint density at radius 2 is 2.00 bits per heavy atom. The van der Waals surface area contributed by atoms with Crippen molar-refractivity contribution in [2.45, 2.75) is 6.42 Å². The molecule has 1 aliphatic heterocycles. The lowest BCUT2D eigenvalue weighted by Crippen LogP contribution is -2.40. The molecule has 0 aliphatic carbocycles. The standard InChI is InChI=1S/C10H22N2O2/c1-11(3-2-8-13)4-5-12-6-9-14-10-7-12/h13H,2-10H2,1H3. The summed E-state index contributed by atoms with van der Waals surface area (Å²) >= 11 is 0. The fourth-order valence-electron chi connectivity index (χ4n) is 1.59. The van der Waals surface area contributed by atoms with Gasteiger partial charge in [0.2, 0.25) is 0 Å². The maximum absolute atomic E-state index is 8.68. The summed E-state index contributed by atoms with van der Waals surface area (Å²) in [5.41, 5.74) is 0. The minimum absolute atomic E-state index is 0.294. The van der Waals surface area contributed by atoms with Crippen LogP contribution in [0.15, 0.2) is 0 Å². The summed E-state index contributed by atoms with van der Waals surface area (Å²) in [6, 6.07) is 0. The molecule has 1 heterocycles. The first-order valence-corrected chi connectivity index (χ1v) is 5.42. The van der Waals surface area contributed by atoms with E-state index in [0.29, 0.717) is 6.61 Å². The Labute approximate surface area is 86.4 Å². The van der Waals surface area contributed by atoms with Crippen LogP contribution in [0.1, 0.15) is 6.42 Å². The average molecular weight is 202 g/mol. The number of aliphatic hydroxyl groups excluding tert-OH is 1. The number of hydrogen-bond donors (Lipinski definition) is 1. The summed E-state index contributed by atoms with van der Waals surface area (Å²) in [5, 5.41) is 8.68. The topological polar surface area (TPSA) is 35.9 Å². The summed E-state index contributed by atoms with van der Waals surface area (Å²) in [5.74, 6) is 0. The van der Waals surface area contributed by atoms with Crippen molar-refractivity contribution in [2.75, 3.05) is 59.6 Å². The van der Waals surface area contributed by atoms with E-state index >= 15 is 0 Å². The normalized spacial score (nSPS) is 19.1. The number of morpholine rings is 1. The average Bonchev–Trinajstić information content (AvgIpc) is 2.25. The molecule has 1 fully saturated rings. The van der Waals surface area contributed by atoms with Gasteiger partial charge in [0.05, 0.1) is 13.2 Å². The van der Waals surface area contributed by atoms with E-state index in [0.717, 1.165) is 52.4 Å². The molecule has 4 nitrogen and oxygen atoms in total. The molecule has 0 aromatic heterocycles. The van der Waals surface area contributed by atoms with Crippen LogP contribution in [0, 0.1) is 0 Å². The van der Waals surface area contributed by atoms with Gasteiger partial charge in [-0.15, -0.1) is 0 Å². The van der Waals surface area contributed by atoms with Gasteiger partial charge < -0.3 is 14.7 Å². The highest BCUT2D eigenvalue weighted by Crippen LogP contribution is 1.96. The Morgan fingerprint density at radius 1 is 1.29 bits per heavy atom. The molecule has 14 heavy (non-hydrogen) atoms. The fourth-order valence-corrected chi connectivity index (χ4v) is 1.59. The largest absolute Gasteiger partial charge is 0.396 e. The molecule has 4 heteroatoms. The Hall–Kier alpha value is -0.160. The molecule has 0 aromatic carbocycles. The summed E-state index contributed by atoms with van der Waals surface area (Å²) in [7, 11) is 2.11. The lowest BCUT2D eigenvalue weighted by Gasteiger charge is -2.28. The molecule has 0 unspecified atom stereocenters. The molecule has 0 atom stereocenters. The van der Waals surface area contributed by atoms with Crippen molar-refractivity contribution in [1.82, 2.24) is 9.80 Å². The number of nitrogens with zero attached hydrogens (tertiary/aromatic N) is 2. The van der Waals surface area contributed by atoms with Gasteiger partial charge in [0.25, 0.3) is 0 Å². The molecule has 0 radical (unpaired) electrons. The Bertz CT molecular complexity index is 138. The van der Waals surface area contributed by atoms with Crippen molar-refractivity contribution >= 4 is 0 Å². The van der Waals surface area contributed by atoms with Gasteiger partial charge in [-0.3, -0.25) is 4.90 Å². The van der Waals surface area contributed by atoms with Crippen molar-refractivity contribution in [3.63, 3.8) is 0 Å². The molecule has 1 N–H and O–H groups in total. The highest BCUT2D eigenvalue weighted by atomic mass is 16.5. The molecule has 84 valence electrons. The lowest BCUT2D eigenvalue weighted by atomic mass is 10.3. The van der Waals surface area contributed by atoms with Gasteiger partial charge in [0.15, 0.2) is 0 Å². The Balaban J connectivity index is 2.00. The zero-order valence-electron chi connectivity index (χ0n) is 9.11. The molecular weight excluding hydrogens is 180 g/mol. The maximum atomic E-state index is 8.68. The maximum Gasteiger partial charge on any atom is 0.0594 e. The zero-order valence-corrected chi connectivity index (χ0v) is 9.11. The van der Waals surface area contributed by atoms with Crippen LogP contribution < -0.4 is 0 Å². The van der Waals surface area contributed by atoms with Gasteiger partial charge in [-0.1, -0.05) is 0 Å². The van der Waals surface area contributed by atoms with Crippen LogP contribution in [0.4, 0.5) is 0 Å².